The van der Waals surface area contributed by atoms with E-state index in [4.69, 9.17) is 37.0 Å². The number of phosphoric ester groups is 2. The van der Waals surface area contributed by atoms with E-state index < -0.39 is 97.5 Å². The van der Waals surface area contributed by atoms with E-state index in [0.29, 0.717) is 25.7 Å². The van der Waals surface area contributed by atoms with E-state index in [1.807, 2.05) is 0 Å². The van der Waals surface area contributed by atoms with Crippen LogP contribution in [0.1, 0.15) is 471 Å². The molecule has 0 radical (unpaired) electrons. The maximum atomic E-state index is 13.2. The highest BCUT2D eigenvalue weighted by atomic mass is 31.2. The molecule has 3 N–H and O–H groups in total. The third-order valence-corrected chi connectivity index (χ3v) is 22.8. The summed E-state index contributed by atoms with van der Waals surface area (Å²) in [5.74, 6) is -1.25. The smallest absolute Gasteiger partial charge is 0.462 e. The van der Waals surface area contributed by atoms with Gasteiger partial charge in [-0.25, -0.2) is 9.13 Å². The number of hydrogen-bond donors (Lipinski definition) is 3. The molecule has 630 valence electrons. The molecule has 6 atom stereocenters. The van der Waals surface area contributed by atoms with Gasteiger partial charge in [-0.2, -0.15) is 0 Å². The summed E-state index contributed by atoms with van der Waals surface area (Å²) in [5, 5.41) is 10.7. The Morgan fingerprint density at radius 2 is 0.453 bits per heavy atom. The van der Waals surface area contributed by atoms with Crippen molar-refractivity contribution in [1.82, 2.24) is 0 Å². The number of rotatable bonds is 87. The van der Waals surface area contributed by atoms with E-state index in [-0.39, 0.29) is 25.7 Å². The van der Waals surface area contributed by atoms with Crippen LogP contribution in [0.3, 0.4) is 0 Å². The number of carbonyl (C=O) groups excluding carboxylic acids is 4. The standard InChI is InChI=1S/C87H170O17P2/c1-6-10-13-16-19-22-25-28-30-32-34-36-41-46-51-56-61-66-71-85(90)98-77-83(104-87(92)73-68-63-58-53-48-43-39-38-40-44-49-54-59-64-69-80(5)9-4)79-102-106(95,96)100-75-81(88)74-99-105(93,94)101-78-82(76-97-84(89)70-65-60-55-50-45-27-24-21-18-15-12-8-3)103-86(91)72-67-62-57-52-47-42-37-35-33-31-29-26-23-20-17-14-11-7-2/h80-83,88H,6-79H2,1-5H3,(H,93,94)(H,95,96)/t80?,81-,82+,83+/m0/s1. The Hall–Kier alpha value is -1.94. The summed E-state index contributed by atoms with van der Waals surface area (Å²) >= 11 is 0. The van der Waals surface area contributed by atoms with Crippen molar-refractivity contribution in [3.63, 3.8) is 0 Å². The monoisotopic (exact) mass is 1550 g/mol. The Morgan fingerprint density at radius 3 is 0.670 bits per heavy atom. The Balaban J connectivity index is 5.26. The molecule has 0 aliphatic rings. The van der Waals surface area contributed by atoms with Crippen molar-refractivity contribution < 1.29 is 80.2 Å². The molecule has 3 unspecified atom stereocenters. The first-order valence-electron chi connectivity index (χ1n) is 45.2. The van der Waals surface area contributed by atoms with Gasteiger partial charge in [0.2, 0.25) is 0 Å². The van der Waals surface area contributed by atoms with Crippen LogP contribution in [0.2, 0.25) is 0 Å². The van der Waals surface area contributed by atoms with Gasteiger partial charge in [0, 0.05) is 25.7 Å². The number of aliphatic hydroxyl groups excluding tert-OH is 1. The molecule has 0 rings (SSSR count). The molecule has 106 heavy (non-hydrogen) atoms. The Labute approximate surface area is 651 Å². The van der Waals surface area contributed by atoms with E-state index in [2.05, 4.69) is 34.6 Å². The van der Waals surface area contributed by atoms with Crippen molar-refractivity contribution >= 4 is 39.5 Å². The summed E-state index contributed by atoms with van der Waals surface area (Å²) in [5.41, 5.74) is 0. The molecule has 0 fully saturated rings. The van der Waals surface area contributed by atoms with Crippen molar-refractivity contribution in [1.29, 1.82) is 0 Å². The fraction of sp³-hybridized carbons (Fsp3) is 0.954. The number of esters is 4. The lowest BCUT2D eigenvalue weighted by molar-refractivity contribution is -0.161. The average molecular weight is 1550 g/mol. The van der Waals surface area contributed by atoms with Crippen LogP contribution in [0.5, 0.6) is 0 Å². The minimum Gasteiger partial charge on any atom is -0.462 e. The lowest BCUT2D eigenvalue weighted by Gasteiger charge is -2.21. The molecule has 0 aliphatic carbocycles. The maximum absolute atomic E-state index is 13.2. The maximum Gasteiger partial charge on any atom is 0.472 e. The molecule has 0 aromatic rings. The predicted molar refractivity (Wildman–Crippen MR) is 437 cm³/mol. The molecular weight excluding hydrogens is 1380 g/mol. The number of ether oxygens (including phenoxy) is 4. The topological polar surface area (TPSA) is 237 Å². The number of carbonyl (C=O) groups is 4. The van der Waals surface area contributed by atoms with E-state index in [1.165, 1.54) is 295 Å². The second kappa shape index (κ2) is 79.7. The third-order valence-electron chi connectivity index (χ3n) is 20.9. The molecule has 17 nitrogen and oxygen atoms in total. The van der Waals surface area contributed by atoms with Gasteiger partial charge in [0.25, 0.3) is 0 Å². The predicted octanol–water partition coefficient (Wildman–Crippen LogP) is 26.8. The van der Waals surface area contributed by atoms with Crippen molar-refractivity contribution in [2.75, 3.05) is 39.6 Å². The molecular formula is C87H170O17P2. The van der Waals surface area contributed by atoms with Crippen molar-refractivity contribution in [2.24, 2.45) is 5.92 Å². The number of unbranched alkanes of at least 4 members (excludes halogenated alkanes) is 58. The van der Waals surface area contributed by atoms with Gasteiger partial charge < -0.3 is 33.8 Å². The molecule has 19 heteroatoms. The summed E-state index contributed by atoms with van der Waals surface area (Å²) in [6, 6.07) is 0. The van der Waals surface area contributed by atoms with E-state index in [0.717, 1.165) is 95.8 Å². The lowest BCUT2D eigenvalue weighted by atomic mass is 9.99. The van der Waals surface area contributed by atoms with Gasteiger partial charge in [-0.15, -0.1) is 0 Å². The summed E-state index contributed by atoms with van der Waals surface area (Å²) in [6.07, 6.45) is 73.4. The van der Waals surface area contributed by atoms with Crippen molar-refractivity contribution in [3.05, 3.63) is 0 Å². The summed E-state index contributed by atoms with van der Waals surface area (Å²) < 4.78 is 69.0. The molecule has 0 aromatic heterocycles. The van der Waals surface area contributed by atoms with Crippen LogP contribution in [0.25, 0.3) is 0 Å². The number of hydrogen-bond acceptors (Lipinski definition) is 15. The van der Waals surface area contributed by atoms with Crippen LogP contribution >= 0.6 is 15.6 Å². The number of aliphatic hydroxyl groups is 1. The average Bonchev–Trinajstić information content (AvgIpc) is 0.903. The van der Waals surface area contributed by atoms with Crippen LogP contribution in [0, 0.1) is 5.92 Å². The normalized spacial score (nSPS) is 14.0. The van der Waals surface area contributed by atoms with Crippen molar-refractivity contribution in [2.45, 2.75) is 490 Å². The zero-order chi connectivity index (χ0) is 77.6. The number of phosphoric acid groups is 2. The molecule has 0 amide bonds. The molecule has 0 heterocycles. The van der Waals surface area contributed by atoms with E-state index in [1.54, 1.807) is 0 Å². The third kappa shape index (κ3) is 78.7. The molecule has 0 aliphatic heterocycles. The zero-order valence-electron chi connectivity index (χ0n) is 69.6. The van der Waals surface area contributed by atoms with Gasteiger partial charge in [0.1, 0.15) is 19.3 Å². The van der Waals surface area contributed by atoms with Gasteiger partial charge in [-0.3, -0.25) is 37.3 Å². The van der Waals surface area contributed by atoms with Gasteiger partial charge in [0.15, 0.2) is 12.2 Å². The minimum absolute atomic E-state index is 0.109. The Kier molecular flexibility index (Phi) is 78.2. The second-order valence-corrected chi connectivity index (χ2v) is 34.4. The quantitative estimate of drug-likeness (QED) is 0.0222. The van der Waals surface area contributed by atoms with Crippen LogP contribution in [0.15, 0.2) is 0 Å². The highest BCUT2D eigenvalue weighted by molar-refractivity contribution is 7.47. The molecule has 0 saturated heterocycles. The summed E-state index contributed by atoms with van der Waals surface area (Å²) in [7, 11) is -9.93. The fourth-order valence-corrected chi connectivity index (χ4v) is 15.2. The first-order chi connectivity index (χ1) is 51.6. The highest BCUT2D eigenvalue weighted by Gasteiger charge is 2.30. The van der Waals surface area contributed by atoms with Crippen LogP contribution in [-0.4, -0.2) is 96.7 Å². The van der Waals surface area contributed by atoms with Gasteiger partial charge in [-0.1, -0.05) is 420 Å². The second-order valence-electron chi connectivity index (χ2n) is 31.5. The van der Waals surface area contributed by atoms with Crippen LogP contribution in [0.4, 0.5) is 0 Å². The lowest BCUT2D eigenvalue weighted by Crippen LogP contribution is -2.30. The molecule has 0 saturated carbocycles. The van der Waals surface area contributed by atoms with Gasteiger partial charge in [-0.05, 0) is 31.6 Å². The molecule has 0 bridgehead atoms. The van der Waals surface area contributed by atoms with Gasteiger partial charge >= 0.3 is 39.5 Å². The van der Waals surface area contributed by atoms with E-state index >= 15 is 0 Å². The Morgan fingerprint density at radius 1 is 0.264 bits per heavy atom. The minimum atomic E-state index is -4.97. The largest absolute Gasteiger partial charge is 0.472 e. The molecule has 0 aromatic carbocycles. The summed E-state index contributed by atoms with van der Waals surface area (Å²) in [4.78, 5) is 73.3. The van der Waals surface area contributed by atoms with Crippen LogP contribution < -0.4 is 0 Å². The first-order valence-corrected chi connectivity index (χ1v) is 48.2. The Bertz CT molecular complexity index is 2020. The fourth-order valence-electron chi connectivity index (χ4n) is 13.6. The highest BCUT2D eigenvalue weighted by Crippen LogP contribution is 2.45. The van der Waals surface area contributed by atoms with Crippen molar-refractivity contribution in [3.8, 4) is 0 Å². The zero-order valence-corrected chi connectivity index (χ0v) is 71.4. The van der Waals surface area contributed by atoms with E-state index in [9.17, 15) is 43.2 Å². The van der Waals surface area contributed by atoms with Gasteiger partial charge in [0.05, 0.1) is 26.4 Å². The molecule has 0 spiro atoms. The SMILES string of the molecule is CCCCCCCCCCCCCCCCCCCCC(=O)OC[C@H](COP(=O)(O)OC[C@@H](O)COP(=O)(O)OC[C@@H](COC(=O)CCCCCCCCCCCCCC)OC(=O)CCCCCCCCCCCCCCCCCCCC)OC(=O)CCCCCCCCCCCCCCCCC(C)CC. The van der Waals surface area contributed by atoms with Crippen LogP contribution in [-0.2, 0) is 65.4 Å². The summed E-state index contributed by atoms with van der Waals surface area (Å²) in [6.45, 7) is 7.43. The first kappa shape index (κ1) is 104.